The van der Waals surface area contributed by atoms with E-state index in [0.29, 0.717) is 6.61 Å². The van der Waals surface area contributed by atoms with Crippen LogP contribution in [-0.2, 0) is 4.89 Å². The van der Waals surface area contributed by atoms with Crippen LogP contribution in [0.4, 0.5) is 0 Å². The van der Waals surface area contributed by atoms with E-state index in [9.17, 15) is 4.79 Å². The average molecular weight is 385 g/mol. The molecule has 0 heterocycles. The van der Waals surface area contributed by atoms with Gasteiger partial charge in [-0.3, -0.25) is 10.1 Å². The molecule has 154 valence electrons. The zero-order chi connectivity index (χ0) is 20.3. The second kappa shape index (κ2) is 17.2. The van der Waals surface area contributed by atoms with Gasteiger partial charge in [-0.2, -0.15) is 0 Å². The van der Waals surface area contributed by atoms with E-state index in [1.54, 1.807) is 0 Å². The third-order valence-corrected chi connectivity index (χ3v) is 4.66. The van der Waals surface area contributed by atoms with Crippen LogP contribution in [0.2, 0.25) is 0 Å². The normalized spacial score (nSPS) is 10.2. The Morgan fingerprint density at radius 2 is 1.07 bits per heavy atom. The second-order valence-corrected chi connectivity index (χ2v) is 7.08. The van der Waals surface area contributed by atoms with Gasteiger partial charge in [0.05, 0.1) is 6.61 Å². The first-order valence-corrected chi connectivity index (χ1v) is 10.7. The van der Waals surface area contributed by atoms with Crippen molar-refractivity contribution in [3.05, 3.63) is 71.8 Å². The fourth-order valence-electron chi connectivity index (χ4n) is 3.00. The van der Waals surface area contributed by atoms with Crippen LogP contribution in [0, 0.1) is 0 Å². The zero-order valence-electron chi connectivity index (χ0n) is 17.3. The number of benzene rings is 2. The lowest BCUT2D eigenvalue weighted by atomic mass is 10.0. The molecule has 0 saturated carbocycles. The fraction of sp³-hybridized carbons (Fsp3) is 0.480. The van der Waals surface area contributed by atoms with Crippen LogP contribution >= 0.6 is 0 Å². The predicted molar refractivity (Wildman–Crippen MR) is 117 cm³/mol. The minimum atomic E-state index is 0.0752. The highest BCUT2D eigenvalue weighted by molar-refractivity contribution is 6.08. The van der Waals surface area contributed by atoms with Gasteiger partial charge < -0.3 is 0 Å². The number of ketones is 1. The lowest BCUT2D eigenvalue weighted by Crippen LogP contribution is -1.99. The lowest BCUT2D eigenvalue weighted by molar-refractivity contribution is -0.242. The molecule has 0 aromatic heterocycles. The summed E-state index contributed by atoms with van der Waals surface area (Å²) >= 11 is 0. The molecule has 0 atom stereocenters. The highest BCUT2D eigenvalue weighted by atomic mass is 17.1. The van der Waals surface area contributed by atoms with Gasteiger partial charge in [-0.25, -0.2) is 4.89 Å². The van der Waals surface area contributed by atoms with Crippen molar-refractivity contribution in [2.45, 2.75) is 71.1 Å². The summed E-state index contributed by atoms with van der Waals surface area (Å²) in [7, 11) is 0. The number of carbonyl (C=O) groups excluding carboxylic acids is 1. The zero-order valence-corrected chi connectivity index (χ0v) is 17.3. The van der Waals surface area contributed by atoms with Crippen LogP contribution in [0.15, 0.2) is 60.7 Å². The smallest absolute Gasteiger partial charge is 0.193 e. The Balaban J connectivity index is 0.000000280. The van der Waals surface area contributed by atoms with Crippen LogP contribution in [0.1, 0.15) is 87.1 Å². The molecule has 2 rings (SSSR count). The van der Waals surface area contributed by atoms with Gasteiger partial charge in [0, 0.05) is 11.1 Å². The van der Waals surface area contributed by atoms with Gasteiger partial charge in [0.2, 0.25) is 0 Å². The largest absolute Gasteiger partial charge is 0.289 e. The van der Waals surface area contributed by atoms with E-state index >= 15 is 0 Å². The van der Waals surface area contributed by atoms with Crippen molar-refractivity contribution in [1.82, 2.24) is 0 Å². The Labute approximate surface area is 170 Å². The van der Waals surface area contributed by atoms with Crippen LogP contribution < -0.4 is 0 Å². The molecule has 0 spiro atoms. The van der Waals surface area contributed by atoms with Gasteiger partial charge in [-0.1, -0.05) is 125 Å². The molecule has 3 nitrogen and oxygen atoms in total. The van der Waals surface area contributed by atoms with Crippen molar-refractivity contribution < 1.29 is 14.9 Å². The predicted octanol–water partition coefficient (Wildman–Crippen LogP) is 7.31. The first-order valence-electron chi connectivity index (χ1n) is 10.7. The minimum absolute atomic E-state index is 0.0752. The summed E-state index contributed by atoms with van der Waals surface area (Å²) in [6.45, 7) is 2.75. The topological polar surface area (TPSA) is 46.5 Å². The molecule has 0 fully saturated rings. The molecule has 0 saturated heterocycles. The average Bonchev–Trinajstić information content (AvgIpc) is 2.76. The Kier molecular flexibility index (Phi) is 14.7. The number of rotatable bonds is 13. The first-order chi connectivity index (χ1) is 13.8. The van der Waals surface area contributed by atoms with Gasteiger partial charge in [0.15, 0.2) is 5.78 Å². The van der Waals surface area contributed by atoms with Gasteiger partial charge >= 0.3 is 0 Å². The Hall–Kier alpha value is -1.97. The van der Waals surface area contributed by atoms with Crippen molar-refractivity contribution in [2.24, 2.45) is 0 Å². The summed E-state index contributed by atoms with van der Waals surface area (Å²) < 4.78 is 0. The Morgan fingerprint density at radius 3 is 1.46 bits per heavy atom. The fourth-order valence-corrected chi connectivity index (χ4v) is 3.00. The third kappa shape index (κ3) is 11.7. The van der Waals surface area contributed by atoms with Crippen LogP contribution in [0.3, 0.4) is 0 Å². The maximum Gasteiger partial charge on any atom is 0.193 e. The maximum absolute atomic E-state index is 11.8. The number of hydrogen-bond donors (Lipinski definition) is 1. The second-order valence-electron chi connectivity index (χ2n) is 7.08. The molecule has 28 heavy (non-hydrogen) atoms. The van der Waals surface area contributed by atoms with Crippen molar-refractivity contribution in [3.8, 4) is 0 Å². The quantitative estimate of drug-likeness (QED) is 0.170. The van der Waals surface area contributed by atoms with Crippen molar-refractivity contribution in [3.63, 3.8) is 0 Å². The van der Waals surface area contributed by atoms with E-state index in [4.69, 9.17) is 5.26 Å². The summed E-state index contributed by atoms with van der Waals surface area (Å²) in [4.78, 5) is 15.9. The number of hydrogen-bond acceptors (Lipinski definition) is 3. The molecule has 0 aliphatic heterocycles. The van der Waals surface area contributed by atoms with Crippen LogP contribution in [0.25, 0.3) is 0 Å². The van der Waals surface area contributed by atoms with Crippen molar-refractivity contribution in [2.75, 3.05) is 6.61 Å². The molecule has 0 aliphatic carbocycles. The molecular weight excluding hydrogens is 348 g/mol. The van der Waals surface area contributed by atoms with E-state index in [2.05, 4.69) is 11.8 Å². The minimum Gasteiger partial charge on any atom is -0.289 e. The Bertz CT molecular complexity index is 542. The van der Waals surface area contributed by atoms with Crippen molar-refractivity contribution >= 4 is 5.78 Å². The van der Waals surface area contributed by atoms with Gasteiger partial charge in [-0.15, -0.1) is 0 Å². The molecule has 2 aromatic rings. The summed E-state index contributed by atoms with van der Waals surface area (Å²) in [5.74, 6) is 0.0752. The van der Waals surface area contributed by atoms with Crippen LogP contribution in [0.5, 0.6) is 0 Å². The van der Waals surface area contributed by atoms with Gasteiger partial charge in [0.25, 0.3) is 0 Å². The molecule has 0 unspecified atom stereocenters. The van der Waals surface area contributed by atoms with Crippen LogP contribution in [-0.4, -0.2) is 17.6 Å². The highest BCUT2D eigenvalue weighted by Gasteiger charge is 2.06. The Morgan fingerprint density at radius 1 is 0.679 bits per heavy atom. The number of unbranched alkanes of at least 4 members (excludes halogenated alkanes) is 9. The summed E-state index contributed by atoms with van der Waals surface area (Å²) in [5, 5.41) is 8.09. The summed E-state index contributed by atoms with van der Waals surface area (Å²) in [5.41, 5.74) is 1.47. The molecule has 0 amide bonds. The standard InChI is InChI=1S/C13H10O.C12H26O2/c14-13(11-7-3-1-4-8-11)12-9-5-2-6-10-12;1-2-3-4-5-6-7-8-9-10-11-12-14-13/h1-10H;13H,2-12H2,1H3. The molecule has 0 radical (unpaired) electrons. The summed E-state index contributed by atoms with van der Waals surface area (Å²) in [6, 6.07) is 18.6. The SMILES string of the molecule is CCCCCCCCCCCCOO.O=C(c1ccccc1)c1ccccc1. The van der Waals surface area contributed by atoms with Gasteiger partial charge in [-0.05, 0) is 6.42 Å². The third-order valence-electron chi connectivity index (χ3n) is 4.66. The van der Waals surface area contributed by atoms with E-state index in [1.807, 2.05) is 60.7 Å². The van der Waals surface area contributed by atoms with E-state index < -0.39 is 0 Å². The monoisotopic (exact) mass is 384 g/mol. The maximum atomic E-state index is 11.8. The molecule has 2 aromatic carbocycles. The van der Waals surface area contributed by atoms with Crippen molar-refractivity contribution in [1.29, 1.82) is 0 Å². The molecule has 0 aliphatic rings. The molecule has 3 heteroatoms. The molecule has 0 bridgehead atoms. The van der Waals surface area contributed by atoms with Gasteiger partial charge in [0.1, 0.15) is 0 Å². The first kappa shape index (κ1) is 24.1. The van der Waals surface area contributed by atoms with E-state index in [0.717, 1.165) is 17.5 Å². The van der Waals surface area contributed by atoms with E-state index in [-0.39, 0.29) is 5.78 Å². The molecule has 1 N–H and O–H groups in total. The highest BCUT2D eigenvalue weighted by Crippen LogP contribution is 2.10. The number of carbonyl (C=O) groups is 1. The lowest BCUT2D eigenvalue weighted by Gasteiger charge is -2.01. The van der Waals surface area contributed by atoms with E-state index in [1.165, 1.54) is 57.8 Å². The molecular formula is C25H36O3. The summed E-state index contributed by atoms with van der Waals surface area (Å²) in [6.07, 6.45) is 13.1.